The van der Waals surface area contributed by atoms with Crippen molar-refractivity contribution in [1.29, 1.82) is 0 Å². The molecule has 0 unspecified atom stereocenters. The minimum atomic E-state index is -0.431. The third kappa shape index (κ3) is 4.15. The Balaban J connectivity index is 1.53. The summed E-state index contributed by atoms with van der Waals surface area (Å²) in [5.41, 5.74) is 2.31. The number of thiophene rings is 1. The lowest BCUT2D eigenvalue weighted by Gasteiger charge is -2.10. The number of aromatic nitrogens is 2. The number of rotatable bonds is 5. The molecule has 0 spiro atoms. The van der Waals surface area contributed by atoms with Gasteiger partial charge in [-0.15, -0.1) is 23.1 Å². The summed E-state index contributed by atoms with van der Waals surface area (Å²) >= 11 is 3.16. The van der Waals surface area contributed by atoms with E-state index < -0.39 is 5.63 Å². The van der Waals surface area contributed by atoms with Crippen molar-refractivity contribution < 1.29 is 9.21 Å². The highest BCUT2D eigenvalue weighted by atomic mass is 32.2. The van der Waals surface area contributed by atoms with Crippen molar-refractivity contribution in [3.05, 3.63) is 82.0 Å². The van der Waals surface area contributed by atoms with Gasteiger partial charge in [0.1, 0.15) is 10.6 Å². The lowest BCUT2D eigenvalue weighted by atomic mass is 10.1. The molecule has 5 aromatic rings. The van der Waals surface area contributed by atoms with Gasteiger partial charge >= 0.3 is 5.63 Å². The maximum atomic E-state index is 12.2. The van der Waals surface area contributed by atoms with Gasteiger partial charge in [-0.25, -0.2) is 14.8 Å². The number of anilines is 1. The molecule has 3 heterocycles. The minimum absolute atomic E-state index is 0.185. The van der Waals surface area contributed by atoms with Gasteiger partial charge in [-0.1, -0.05) is 24.3 Å². The minimum Gasteiger partial charge on any atom is -0.423 e. The number of carbonyl (C=O) groups is 1. The summed E-state index contributed by atoms with van der Waals surface area (Å²) in [7, 11) is 0. The molecule has 0 aliphatic rings. The molecule has 158 valence electrons. The Labute approximate surface area is 191 Å². The van der Waals surface area contributed by atoms with Crippen LogP contribution in [-0.4, -0.2) is 15.9 Å². The molecule has 0 aliphatic carbocycles. The molecule has 0 aliphatic heterocycles. The fraction of sp³-hybridized carbons (Fsp3) is 0.0833. The van der Waals surface area contributed by atoms with E-state index in [9.17, 15) is 9.59 Å². The van der Waals surface area contributed by atoms with Crippen molar-refractivity contribution in [3.8, 4) is 10.7 Å². The maximum Gasteiger partial charge on any atom is 0.336 e. The van der Waals surface area contributed by atoms with Gasteiger partial charge in [-0.3, -0.25) is 4.79 Å². The summed E-state index contributed by atoms with van der Waals surface area (Å²) in [5.74, 6) is 1.04. The molecule has 0 atom stereocenters. The van der Waals surface area contributed by atoms with Crippen LogP contribution in [0.3, 0.4) is 0 Å². The molecule has 2 aromatic carbocycles. The average molecular weight is 460 g/mol. The first-order chi connectivity index (χ1) is 15.6. The standard InChI is InChI=1S/C24H17N3O3S2/c1-14(28)25-16-8-9-17-15(11-22(29)30-20(17)12-16)13-32-24-18-5-2-3-6-19(18)26-23(27-24)21-7-4-10-31-21/h2-12H,13H2,1H3,(H,25,28). The lowest BCUT2D eigenvalue weighted by Crippen LogP contribution is -2.06. The third-order valence-electron chi connectivity index (χ3n) is 4.82. The molecule has 0 saturated heterocycles. The van der Waals surface area contributed by atoms with Gasteiger partial charge in [0.25, 0.3) is 0 Å². The third-order valence-corrected chi connectivity index (χ3v) is 6.73. The first-order valence-corrected chi connectivity index (χ1v) is 11.7. The molecule has 5 rings (SSSR count). The second kappa shape index (κ2) is 8.57. The molecule has 32 heavy (non-hydrogen) atoms. The van der Waals surface area contributed by atoms with E-state index in [1.807, 2.05) is 47.8 Å². The Morgan fingerprint density at radius 2 is 1.94 bits per heavy atom. The van der Waals surface area contributed by atoms with E-state index in [1.54, 1.807) is 35.2 Å². The van der Waals surface area contributed by atoms with Crippen LogP contribution in [0.15, 0.2) is 80.3 Å². The highest BCUT2D eigenvalue weighted by molar-refractivity contribution is 7.98. The van der Waals surface area contributed by atoms with Crippen molar-refractivity contribution in [2.75, 3.05) is 5.32 Å². The second-order valence-corrected chi connectivity index (χ2v) is 9.03. The van der Waals surface area contributed by atoms with Crippen LogP contribution < -0.4 is 10.9 Å². The van der Waals surface area contributed by atoms with Gasteiger partial charge in [0.05, 0.1) is 10.4 Å². The number of nitrogens with zero attached hydrogens (tertiary/aromatic N) is 2. The Bertz CT molecular complexity index is 1510. The number of fused-ring (bicyclic) bond motifs is 2. The van der Waals surface area contributed by atoms with Gasteiger partial charge in [0.15, 0.2) is 5.82 Å². The molecule has 0 saturated carbocycles. The molecule has 1 N–H and O–H groups in total. The van der Waals surface area contributed by atoms with Crippen LogP contribution in [0.1, 0.15) is 12.5 Å². The van der Waals surface area contributed by atoms with E-state index in [-0.39, 0.29) is 5.91 Å². The van der Waals surface area contributed by atoms with Crippen molar-refractivity contribution in [1.82, 2.24) is 9.97 Å². The van der Waals surface area contributed by atoms with Crippen LogP contribution in [0.25, 0.3) is 32.6 Å². The van der Waals surface area contributed by atoms with Crippen LogP contribution in [-0.2, 0) is 10.5 Å². The predicted octanol–water partition coefficient (Wildman–Crippen LogP) is 5.72. The molecule has 6 nitrogen and oxygen atoms in total. The Morgan fingerprint density at radius 1 is 1.06 bits per heavy atom. The SMILES string of the molecule is CC(=O)Nc1ccc2c(CSc3nc(-c4cccs4)nc4ccccc34)cc(=O)oc2c1. The van der Waals surface area contributed by atoms with Crippen molar-refractivity contribution in [2.45, 2.75) is 17.7 Å². The van der Waals surface area contributed by atoms with Gasteiger partial charge in [0.2, 0.25) is 5.91 Å². The average Bonchev–Trinajstić information content (AvgIpc) is 3.31. The monoisotopic (exact) mass is 459 g/mol. The van der Waals surface area contributed by atoms with Crippen molar-refractivity contribution in [2.24, 2.45) is 0 Å². The quantitative estimate of drug-likeness (QED) is 0.206. The zero-order valence-electron chi connectivity index (χ0n) is 17.0. The Kier molecular flexibility index (Phi) is 5.46. The fourth-order valence-corrected chi connectivity index (χ4v) is 5.12. The summed E-state index contributed by atoms with van der Waals surface area (Å²) in [6.07, 6.45) is 0. The van der Waals surface area contributed by atoms with Crippen LogP contribution in [0.5, 0.6) is 0 Å². The van der Waals surface area contributed by atoms with Crippen LogP contribution in [0.2, 0.25) is 0 Å². The van der Waals surface area contributed by atoms with E-state index in [1.165, 1.54) is 13.0 Å². The molecule has 0 bridgehead atoms. The maximum absolute atomic E-state index is 12.2. The normalized spacial score (nSPS) is 11.2. The summed E-state index contributed by atoms with van der Waals surface area (Å²) in [4.78, 5) is 34.1. The van der Waals surface area contributed by atoms with E-state index >= 15 is 0 Å². The van der Waals surface area contributed by atoms with E-state index in [2.05, 4.69) is 5.32 Å². The summed E-state index contributed by atoms with van der Waals surface area (Å²) in [6, 6.07) is 18.7. The second-order valence-electron chi connectivity index (χ2n) is 7.12. The highest BCUT2D eigenvalue weighted by Gasteiger charge is 2.13. The van der Waals surface area contributed by atoms with Crippen molar-refractivity contribution >= 4 is 56.6 Å². The van der Waals surface area contributed by atoms with E-state index in [0.29, 0.717) is 22.8 Å². The summed E-state index contributed by atoms with van der Waals surface area (Å²) in [5, 5.41) is 7.37. The van der Waals surface area contributed by atoms with Crippen LogP contribution in [0.4, 0.5) is 5.69 Å². The number of para-hydroxylation sites is 1. The number of carbonyl (C=O) groups excluding carboxylic acids is 1. The predicted molar refractivity (Wildman–Crippen MR) is 129 cm³/mol. The first kappa shape index (κ1) is 20.4. The fourth-order valence-electron chi connectivity index (χ4n) is 3.45. The Morgan fingerprint density at radius 3 is 2.75 bits per heavy atom. The molecule has 3 aromatic heterocycles. The van der Waals surface area contributed by atoms with Gasteiger partial charge in [-0.05, 0) is 35.2 Å². The number of amides is 1. The van der Waals surface area contributed by atoms with Crippen LogP contribution in [0, 0.1) is 0 Å². The first-order valence-electron chi connectivity index (χ1n) is 9.85. The zero-order chi connectivity index (χ0) is 22.1. The molecular formula is C24H17N3O3S2. The molecular weight excluding hydrogens is 442 g/mol. The lowest BCUT2D eigenvalue weighted by molar-refractivity contribution is -0.114. The summed E-state index contributed by atoms with van der Waals surface area (Å²) < 4.78 is 5.37. The van der Waals surface area contributed by atoms with Gasteiger partial charge in [0, 0.05) is 41.3 Å². The number of nitrogens with one attached hydrogen (secondary N) is 1. The van der Waals surface area contributed by atoms with Gasteiger partial charge in [-0.2, -0.15) is 0 Å². The van der Waals surface area contributed by atoms with Crippen molar-refractivity contribution in [3.63, 3.8) is 0 Å². The molecule has 0 fully saturated rings. The number of benzene rings is 2. The topological polar surface area (TPSA) is 85.1 Å². The highest BCUT2D eigenvalue weighted by Crippen LogP contribution is 2.33. The number of hydrogen-bond acceptors (Lipinski definition) is 7. The molecule has 8 heteroatoms. The summed E-state index contributed by atoms with van der Waals surface area (Å²) in [6.45, 7) is 1.43. The smallest absolute Gasteiger partial charge is 0.336 e. The largest absolute Gasteiger partial charge is 0.423 e. The molecule has 0 radical (unpaired) electrons. The van der Waals surface area contributed by atoms with E-state index in [0.717, 1.165) is 31.8 Å². The van der Waals surface area contributed by atoms with Crippen LogP contribution >= 0.6 is 23.1 Å². The number of thioether (sulfide) groups is 1. The number of hydrogen-bond donors (Lipinski definition) is 1. The zero-order valence-corrected chi connectivity index (χ0v) is 18.6. The Hall–Kier alpha value is -3.49. The molecule has 1 amide bonds. The van der Waals surface area contributed by atoms with Gasteiger partial charge < -0.3 is 9.73 Å². The van der Waals surface area contributed by atoms with E-state index in [4.69, 9.17) is 14.4 Å².